The van der Waals surface area contributed by atoms with Crippen molar-refractivity contribution in [1.29, 1.82) is 0 Å². The number of benzene rings is 1. The van der Waals surface area contributed by atoms with Crippen LogP contribution in [-0.2, 0) is 4.79 Å². The Hall–Kier alpha value is -1.39. The van der Waals surface area contributed by atoms with Gasteiger partial charge in [-0.2, -0.15) is 0 Å². The van der Waals surface area contributed by atoms with E-state index in [2.05, 4.69) is 4.90 Å². The molecule has 18 heavy (non-hydrogen) atoms. The Labute approximate surface area is 107 Å². The molecule has 1 aliphatic heterocycles. The highest BCUT2D eigenvalue weighted by atomic mass is 16.5. The number of hydrogen-bond acceptors (Lipinski definition) is 4. The fourth-order valence-corrected chi connectivity index (χ4v) is 2.16. The lowest BCUT2D eigenvalue weighted by atomic mass is 10.1. The summed E-state index contributed by atoms with van der Waals surface area (Å²) < 4.78 is 5.08. The Morgan fingerprint density at radius 3 is 2.44 bits per heavy atom. The number of hydrogen-bond donors (Lipinski definition) is 1. The van der Waals surface area contributed by atoms with Crippen molar-refractivity contribution in [3.8, 4) is 5.75 Å². The van der Waals surface area contributed by atoms with Crippen molar-refractivity contribution in [3.63, 3.8) is 0 Å². The number of carbonyl (C=O) groups is 1. The molecule has 0 aliphatic carbocycles. The lowest BCUT2D eigenvalue weighted by molar-refractivity contribution is -0.121. The fraction of sp³-hybridized carbons (Fsp3) is 0.500. The normalized spacial score (nSPS) is 18.7. The highest BCUT2D eigenvalue weighted by molar-refractivity contribution is 5.79. The van der Waals surface area contributed by atoms with Crippen LogP contribution in [0.4, 0.5) is 0 Å². The molecule has 0 aromatic heterocycles. The molecule has 0 spiro atoms. The predicted octanol–water partition coefficient (Wildman–Crippen LogP) is 1.39. The monoisotopic (exact) mass is 249 g/mol. The minimum absolute atomic E-state index is 0.324. The molecule has 4 heteroatoms. The zero-order valence-corrected chi connectivity index (χ0v) is 10.6. The maximum atomic E-state index is 11.1. The molecule has 1 aliphatic rings. The summed E-state index contributed by atoms with van der Waals surface area (Å²) in [6.45, 7) is 2.09. The van der Waals surface area contributed by atoms with Crippen molar-refractivity contribution in [2.45, 2.75) is 18.9 Å². The number of carbonyl (C=O) groups excluding carboxylic acids is 1. The number of nitrogens with zero attached hydrogens (tertiary/aromatic N) is 1. The first-order valence-electron chi connectivity index (χ1n) is 6.25. The molecule has 98 valence electrons. The first-order chi connectivity index (χ1) is 8.69. The SMILES string of the molecule is COc1ccc(C(O)CN2CCC(=O)CC2)cc1. The van der Waals surface area contributed by atoms with E-state index in [9.17, 15) is 9.90 Å². The number of ether oxygens (including phenoxy) is 1. The number of methoxy groups -OCH3 is 1. The Kier molecular flexibility index (Phi) is 4.33. The van der Waals surface area contributed by atoms with Gasteiger partial charge in [0.05, 0.1) is 13.2 Å². The maximum Gasteiger partial charge on any atom is 0.135 e. The molecule has 2 rings (SSSR count). The number of β-amino-alcohol motifs (C(OH)–C–C–N with tert-alkyl or cyclic N) is 1. The largest absolute Gasteiger partial charge is 0.497 e. The van der Waals surface area contributed by atoms with Crippen LogP contribution < -0.4 is 4.74 Å². The minimum Gasteiger partial charge on any atom is -0.497 e. The van der Waals surface area contributed by atoms with Gasteiger partial charge in [-0.25, -0.2) is 0 Å². The van der Waals surface area contributed by atoms with Gasteiger partial charge in [-0.3, -0.25) is 9.69 Å². The molecule has 4 nitrogen and oxygen atoms in total. The Balaban J connectivity index is 1.90. The van der Waals surface area contributed by atoms with Crippen molar-refractivity contribution in [1.82, 2.24) is 4.90 Å². The fourth-order valence-electron chi connectivity index (χ4n) is 2.16. The Morgan fingerprint density at radius 2 is 1.89 bits per heavy atom. The van der Waals surface area contributed by atoms with Gasteiger partial charge in [-0.1, -0.05) is 12.1 Å². The molecule has 1 fully saturated rings. The van der Waals surface area contributed by atoms with Crippen molar-refractivity contribution in [2.24, 2.45) is 0 Å². The van der Waals surface area contributed by atoms with Crippen molar-refractivity contribution < 1.29 is 14.6 Å². The molecule has 0 saturated carbocycles. The van der Waals surface area contributed by atoms with Crippen LogP contribution in [0.3, 0.4) is 0 Å². The summed E-state index contributed by atoms with van der Waals surface area (Å²) in [6.07, 6.45) is 0.703. The third-order valence-corrected chi connectivity index (χ3v) is 3.35. The first kappa shape index (κ1) is 13.1. The third-order valence-electron chi connectivity index (χ3n) is 3.35. The summed E-state index contributed by atoms with van der Waals surface area (Å²) in [6, 6.07) is 7.44. The lowest BCUT2D eigenvalue weighted by Gasteiger charge is -2.28. The highest BCUT2D eigenvalue weighted by Crippen LogP contribution is 2.19. The van der Waals surface area contributed by atoms with Gasteiger partial charge >= 0.3 is 0 Å². The molecule has 1 heterocycles. The van der Waals surface area contributed by atoms with E-state index in [1.165, 1.54) is 0 Å². The number of rotatable bonds is 4. The van der Waals surface area contributed by atoms with Crippen LogP contribution in [0.15, 0.2) is 24.3 Å². The van der Waals surface area contributed by atoms with Crippen LogP contribution in [0, 0.1) is 0 Å². The van der Waals surface area contributed by atoms with E-state index < -0.39 is 6.10 Å². The van der Waals surface area contributed by atoms with E-state index >= 15 is 0 Å². The van der Waals surface area contributed by atoms with E-state index in [1.807, 2.05) is 24.3 Å². The molecule has 1 aromatic carbocycles. The summed E-state index contributed by atoms with van der Waals surface area (Å²) in [7, 11) is 1.62. The predicted molar refractivity (Wildman–Crippen MR) is 68.6 cm³/mol. The van der Waals surface area contributed by atoms with E-state index in [0.29, 0.717) is 25.2 Å². The van der Waals surface area contributed by atoms with Crippen LogP contribution >= 0.6 is 0 Å². The zero-order valence-electron chi connectivity index (χ0n) is 10.6. The van der Waals surface area contributed by atoms with Crippen LogP contribution in [0.1, 0.15) is 24.5 Å². The van der Waals surface area contributed by atoms with E-state index in [0.717, 1.165) is 24.4 Å². The second-order valence-electron chi connectivity index (χ2n) is 4.63. The molecule has 1 atom stereocenters. The van der Waals surface area contributed by atoms with E-state index in [1.54, 1.807) is 7.11 Å². The van der Waals surface area contributed by atoms with Crippen LogP contribution in [0.5, 0.6) is 5.75 Å². The molecule has 1 aromatic rings. The molecule has 0 radical (unpaired) electrons. The van der Waals surface area contributed by atoms with Crippen LogP contribution in [0.25, 0.3) is 0 Å². The van der Waals surface area contributed by atoms with Gasteiger partial charge in [-0.05, 0) is 17.7 Å². The second-order valence-corrected chi connectivity index (χ2v) is 4.63. The molecule has 1 saturated heterocycles. The summed E-state index contributed by atoms with van der Waals surface area (Å²) in [5, 5.41) is 10.1. The topological polar surface area (TPSA) is 49.8 Å². The van der Waals surface area contributed by atoms with E-state index in [4.69, 9.17) is 4.74 Å². The Morgan fingerprint density at radius 1 is 1.28 bits per heavy atom. The standard InChI is InChI=1S/C14H19NO3/c1-18-13-4-2-11(3-5-13)14(17)10-15-8-6-12(16)7-9-15/h2-5,14,17H,6-10H2,1H3. The molecular weight excluding hydrogens is 230 g/mol. The molecule has 1 N–H and O–H groups in total. The van der Waals surface area contributed by atoms with Gasteiger partial charge in [0.25, 0.3) is 0 Å². The van der Waals surface area contributed by atoms with Gasteiger partial charge in [-0.15, -0.1) is 0 Å². The molecule has 0 bridgehead atoms. The number of likely N-dealkylation sites (tertiary alicyclic amines) is 1. The quantitative estimate of drug-likeness (QED) is 0.876. The minimum atomic E-state index is -0.510. The number of Topliss-reactive ketones (excluding diaryl/α,β-unsaturated/α-hetero) is 1. The average Bonchev–Trinajstić information content (AvgIpc) is 2.41. The number of aliphatic hydroxyl groups excluding tert-OH is 1. The highest BCUT2D eigenvalue weighted by Gasteiger charge is 2.19. The van der Waals surface area contributed by atoms with Crippen molar-refractivity contribution in [2.75, 3.05) is 26.7 Å². The number of aliphatic hydroxyl groups is 1. The second kappa shape index (κ2) is 5.98. The number of piperidine rings is 1. The van der Waals surface area contributed by atoms with E-state index in [-0.39, 0.29) is 0 Å². The molecule has 0 amide bonds. The van der Waals surface area contributed by atoms with Gasteiger partial charge < -0.3 is 9.84 Å². The van der Waals surface area contributed by atoms with Gasteiger partial charge in [0, 0.05) is 32.5 Å². The zero-order chi connectivity index (χ0) is 13.0. The number of ketones is 1. The van der Waals surface area contributed by atoms with Gasteiger partial charge in [0.15, 0.2) is 0 Å². The Bertz CT molecular complexity index is 392. The van der Waals surface area contributed by atoms with Crippen molar-refractivity contribution >= 4 is 5.78 Å². The van der Waals surface area contributed by atoms with Gasteiger partial charge in [0.1, 0.15) is 11.5 Å². The van der Waals surface area contributed by atoms with Gasteiger partial charge in [0.2, 0.25) is 0 Å². The molecule has 1 unspecified atom stereocenters. The average molecular weight is 249 g/mol. The maximum absolute atomic E-state index is 11.1. The third kappa shape index (κ3) is 3.31. The van der Waals surface area contributed by atoms with Crippen LogP contribution in [-0.4, -0.2) is 42.5 Å². The summed E-state index contributed by atoms with van der Waals surface area (Å²) in [4.78, 5) is 13.3. The van der Waals surface area contributed by atoms with Crippen LogP contribution in [0.2, 0.25) is 0 Å². The summed E-state index contributed by atoms with van der Waals surface area (Å²) in [5.41, 5.74) is 0.882. The van der Waals surface area contributed by atoms with Crippen molar-refractivity contribution in [3.05, 3.63) is 29.8 Å². The smallest absolute Gasteiger partial charge is 0.135 e. The summed E-state index contributed by atoms with van der Waals surface area (Å²) in [5.74, 6) is 1.11. The summed E-state index contributed by atoms with van der Waals surface area (Å²) >= 11 is 0. The lowest BCUT2D eigenvalue weighted by Crippen LogP contribution is -2.36. The first-order valence-corrected chi connectivity index (χ1v) is 6.25. The molecular formula is C14H19NO3.